The summed E-state index contributed by atoms with van der Waals surface area (Å²) >= 11 is 0. The van der Waals surface area contributed by atoms with Gasteiger partial charge in [-0.05, 0) is 12.3 Å². The molecule has 0 unspecified atom stereocenters. The predicted octanol–water partition coefficient (Wildman–Crippen LogP) is 0.751. The molecule has 0 atom stereocenters. The van der Waals surface area contributed by atoms with E-state index in [0.29, 0.717) is 12.5 Å². The van der Waals surface area contributed by atoms with E-state index in [9.17, 15) is 4.79 Å². The van der Waals surface area contributed by atoms with Crippen molar-refractivity contribution in [3.05, 3.63) is 0 Å². The molecule has 12 heavy (non-hydrogen) atoms. The third-order valence-electron chi connectivity index (χ3n) is 1.31. The van der Waals surface area contributed by atoms with Gasteiger partial charge >= 0.3 is 6.09 Å². The van der Waals surface area contributed by atoms with Gasteiger partial charge in [0.05, 0.1) is 13.2 Å². The zero-order chi connectivity index (χ0) is 9.40. The molecule has 0 fully saturated rings. The van der Waals surface area contributed by atoms with Crippen molar-refractivity contribution in [1.82, 2.24) is 5.32 Å². The monoisotopic (exact) mass is 175 g/mol. The first kappa shape index (κ1) is 11.2. The summed E-state index contributed by atoms with van der Waals surface area (Å²) in [6.45, 7) is 4.76. The topological polar surface area (TPSA) is 58.6 Å². The van der Waals surface area contributed by atoms with Crippen molar-refractivity contribution < 1.29 is 14.6 Å². The predicted molar refractivity (Wildman–Crippen MR) is 45.9 cm³/mol. The van der Waals surface area contributed by atoms with Gasteiger partial charge in [0.25, 0.3) is 0 Å². The molecule has 0 aromatic rings. The van der Waals surface area contributed by atoms with E-state index >= 15 is 0 Å². The van der Waals surface area contributed by atoms with Crippen LogP contribution in [-0.2, 0) is 4.74 Å². The van der Waals surface area contributed by atoms with Gasteiger partial charge in [0.15, 0.2) is 0 Å². The molecule has 0 aliphatic carbocycles. The van der Waals surface area contributed by atoms with Gasteiger partial charge in [-0.3, -0.25) is 0 Å². The molecular weight excluding hydrogens is 158 g/mol. The Balaban J connectivity index is 3.20. The lowest BCUT2D eigenvalue weighted by Crippen LogP contribution is -2.27. The molecule has 0 rings (SSSR count). The summed E-state index contributed by atoms with van der Waals surface area (Å²) in [6, 6.07) is 0. The average Bonchev–Trinajstić information content (AvgIpc) is 2.00. The molecular formula is C8H17NO3. The SMILES string of the molecule is CC(C)CCOC(=O)NCCO. The van der Waals surface area contributed by atoms with Crippen LogP contribution in [0.3, 0.4) is 0 Å². The van der Waals surface area contributed by atoms with Gasteiger partial charge in [0.2, 0.25) is 0 Å². The van der Waals surface area contributed by atoms with Crippen LogP contribution in [0.15, 0.2) is 0 Å². The molecule has 0 saturated carbocycles. The normalized spacial score (nSPS) is 10.0. The number of hydrogen-bond acceptors (Lipinski definition) is 3. The lowest BCUT2D eigenvalue weighted by atomic mass is 10.1. The number of aliphatic hydroxyl groups is 1. The van der Waals surface area contributed by atoms with Crippen LogP contribution in [0.2, 0.25) is 0 Å². The zero-order valence-corrected chi connectivity index (χ0v) is 7.67. The summed E-state index contributed by atoms with van der Waals surface area (Å²) in [4.78, 5) is 10.7. The van der Waals surface area contributed by atoms with Gasteiger partial charge < -0.3 is 15.2 Å². The lowest BCUT2D eigenvalue weighted by Gasteiger charge is -2.06. The molecule has 0 aromatic carbocycles. The van der Waals surface area contributed by atoms with Crippen LogP contribution >= 0.6 is 0 Å². The lowest BCUT2D eigenvalue weighted by molar-refractivity contribution is 0.138. The van der Waals surface area contributed by atoms with Crippen LogP contribution in [0.25, 0.3) is 0 Å². The molecule has 72 valence electrons. The van der Waals surface area contributed by atoms with E-state index in [1.165, 1.54) is 0 Å². The van der Waals surface area contributed by atoms with Gasteiger partial charge in [0.1, 0.15) is 0 Å². The minimum absolute atomic E-state index is 0.0563. The molecule has 1 amide bonds. The van der Waals surface area contributed by atoms with Crippen LogP contribution in [0.5, 0.6) is 0 Å². The fourth-order valence-corrected chi connectivity index (χ4v) is 0.596. The maximum atomic E-state index is 10.7. The highest BCUT2D eigenvalue weighted by molar-refractivity contribution is 5.66. The van der Waals surface area contributed by atoms with E-state index in [1.807, 2.05) is 0 Å². The second-order valence-electron chi connectivity index (χ2n) is 2.97. The molecule has 0 bridgehead atoms. The van der Waals surface area contributed by atoms with Crippen molar-refractivity contribution in [2.45, 2.75) is 20.3 Å². The summed E-state index contributed by atoms with van der Waals surface area (Å²) in [5.74, 6) is 0.538. The highest BCUT2D eigenvalue weighted by atomic mass is 16.5. The van der Waals surface area contributed by atoms with E-state index in [-0.39, 0.29) is 13.2 Å². The molecule has 0 saturated heterocycles. The number of rotatable bonds is 5. The largest absolute Gasteiger partial charge is 0.450 e. The highest BCUT2D eigenvalue weighted by Gasteiger charge is 2.00. The smallest absolute Gasteiger partial charge is 0.407 e. The molecule has 0 aromatic heterocycles. The Morgan fingerprint density at radius 2 is 2.25 bits per heavy atom. The van der Waals surface area contributed by atoms with Crippen LogP contribution in [0.1, 0.15) is 20.3 Å². The standard InChI is InChI=1S/C8H17NO3/c1-7(2)3-6-12-8(11)9-4-5-10/h7,10H,3-6H2,1-2H3,(H,9,11). The summed E-state index contributed by atoms with van der Waals surface area (Å²) in [7, 11) is 0. The highest BCUT2D eigenvalue weighted by Crippen LogP contribution is 1.98. The Hall–Kier alpha value is -0.770. The first-order valence-corrected chi connectivity index (χ1v) is 4.18. The summed E-state index contributed by atoms with van der Waals surface area (Å²) in [5.41, 5.74) is 0. The van der Waals surface area contributed by atoms with E-state index in [4.69, 9.17) is 9.84 Å². The van der Waals surface area contributed by atoms with E-state index < -0.39 is 6.09 Å². The summed E-state index contributed by atoms with van der Waals surface area (Å²) < 4.78 is 4.79. The van der Waals surface area contributed by atoms with E-state index in [2.05, 4.69) is 19.2 Å². The average molecular weight is 175 g/mol. The number of aliphatic hydroxyl groups excluding tert-OH is 1. The minimum atomic E-state index is -0.454. The van der Waals surface area contributed by atoms with Crippen molar-refractivity contribution in [2.24, 2.45) is 5.92 Å². The van der Waals surface area contributed by atoms with Gasteiger partial charge in [-0.1, -0.05) is 13.8 Å². The van der Waals surface area contributed by atoms with Gasteiger partial charge in [-0.15, -0.1) is 0 Å². The first-order valence-electron chi connectivity index (χ1n) is 4.18. The maximum Gasteiger partial charge on any atom is 0.407 e. The number of amides is 1. The fourth-order valence-electron chi connectivity index (χ4n) is 0.596. The Labute approximate surface area is 72.9 Å². The molecule has 0 heterocycles. The number of carbonyl (C=O) groups excluding carboxylic acids is 1. The van der Waals surface area contributed by atoms with Crippen LogP contribution in [-0.4, -0.2) is 31.0 Å². The van der Waals surface area contributed by atoms with Crippen LogP contribution in [0.4, 0.5) is 4.79 Å². The fraction of sp³-hybridized carbons (Fsp3) is 0.875. The van der Waals surface area contributed by atoms with Crippen molar-refractivity contribution in [1.29, 1.82) is 0 Å². The molecule has 0 radical (unpaired) electrons. The number of alkyl carbamates (subject to hydrolysis) is 1. The molecule has 0 aliphatic heterocycles. The second kappa shape index (κ2) is 6.91. The van der Waals surface area contributed by atoms with Crippen molar-refractivity contribution in [3.63, 3.8) is 0 Å². The third kappa shape index (κ3) is 7.34. The Morgan fingerprint density at radius 3 is 2.75 bits per heavy atom. The summed E-state index contributed by atoms with van der Waals surface area (Å²) in [6.07, 6.45) is 0.414. The number of carbonyl (C=O) groups is 1. The van der Waals surface area contributed by atoms with E-state index in [0.717, 1.165) is 6.42 Å². The van der Waals surface area contributed by atoms with Crippen LogP contribution in [0, 0.1) is 5.92 Å². The summed E-state index contributed by atoms with van der Waals surface area (Å²) in [5, 5.41) is 10.8. The van der Waals surface area contributed by atoms with Gasteiger partial charge in [-0.25, -0.2) is 4.79 Å². The molecule has 0 spiro atoms. The Morgan fingerprint density at radius 1 is 1.58 bits per heavy atom. The van der Waals surface area contributed by atoms with Crippen molar-refractivity contribution >= 4 is 6.09 Å². The van der Waals surface area contributed by atoms with Gasteiger partial charge in [0, 0.05) is 6.54 Å². The molecule has 4 heteroatoms. The van der Waals surface area contributed by atoms with Gasteiger partial charge in [-0.2, -0.15) is 0 Å². The quantitative estimate of drug-likeness (QED) is 0.648. The third-order valence-corrected chi connectivity index (χ3v) is 1.31. The zero-order valence-electron chi connectivity index (χ0n) is 7.67. The molecule has 0 aliphatic rings. The Kier molecular flexibility index (Phi) is 6.47. The van der Waals surface area contributed by atoms with Crippen LogP contribution < -0.4 is 5.32 Å². The maximum absolute atomic E-state index is 10.7. The minimum Gasteiger partial charge on any atom is -0.450 e. The van der Waals surface area contributed by atoms with Crippen molar-refractivity contribution in [3.8, 4) is 0 Å². The Bertz CT molecular complexity index is 125. The number of ether oxygens (including phenoxy) is 1. The number of nitrogens with one attached hydrogen (secondary N) is 1. The second-order valence-corrected chi connectivity index (χ2v) is 2.97. The van der Waals surface area contributed by atoms with E-state index in [1.54, 1.807) is 0 Å². The molecule has 4 nitrogen and oxygen atoms in total. The number of hydrogen-bond donors (Lipinski definition) is 2. The first-order chi connectivity index (χ1) is 5.66. The van der Waals surface area contributed by atoms with Crippen molar-refractivity contribution in [2.75, 3.05) is 19.8 Å². The molecule has 2 N–H and O–H groups in total.